The normalized spacial score (nSPS) is 25.7. The predicted molar refractivity (Wildman–Crippen MR) is 130 cm³/mol. The quantitative estimate of drug-likeness (QED) is 0.512. The fourth-order valence-electron chi connectivity index (χ4n) is 5.64. The lowest BCUT2D eigenvalue weighted by Crippen LogP contribution is -3.07. The number of ether oxygens (including phenoxy) is 4. The maximum absolute atomic E-state index is 12.6. The van der Waals surface area contributed by atoms with Crippen LogP contribution in [0.5, 0.6) is 17.2 Å². The van der Waals surface area contributed by atoms with Crippen LogP contribution in [0.1, 0.15) is 50.7 Å². The first-order chi connectivity index (χ1) is 16.9. The summed E-state index contributed by atoms with van der Waals surface area (Å²) in [7, 11) is 1.64. The van der Waals surface area contributed by atoms with Gasteiger partial charge in [0.05, 0.1) is 25.5 Å². The van der Waals surface area contributed by atoms with Crippen molar-refractivity contribution in [2.24, 2.45) is 5.92 Å². The summed E-state index contributed by atoms with van der Waals surface area (Å²) < 4.78 is 23.5. The van der Waals surface area contributed by atoms with E-state index in [0.29, 0.717) is 23.7 Å². The molecule has 1 aliphatic carbocycles. The van der Waals surface area contributed by atoms with Crippen LogP contribution in [0.3, 0.4) is 0 Å². The van der Waals surface area contributed by atoms with Crippen molar-refractivity contribution in [3.8, 4) is 17.2 Å². The Bertz CT molecular complexity index is 1080. The molecule has 3 N–H and O–H groups in total. The van der Waals surface area contributed by atoms with E-state index in [9.17, 15) is 9.90 Å². The SMILES string of the molecule is CCOC(=O)C1=CC(=CC[NH+]2C=CNC2)c2c(cc3c(c2OC)CC(C(C)(O)C2CCCC2)O3)O1. The van der Waals surface area contributed by atoms with Gasteiger partial charge in [0.15, 0.2) is 6.67 Å². The van der Waals surface area contributed by atoms with Crippen molar-refractivity contribution in [1.29, 1.82) is 0 Å². The Balaban J connectivity index is 1.52. The number of hydrogen-bond donors (Lipinski definition) is 3. The standard InChI is InChI=1S/C27H34N2O6/c1-4-33-26(30)22-13-17(9-11-29-12-10-28-16-29)24-21(34-22)15-20-19(25(24)32-3)14-23(35-20)27(2,31)18-7-5-6-8-18/h9-10,12-13,15,18,23,28,31H,4-8,11,14,16H2,1-3H3/p+1. The van der Waals surface area contributed by atoms with Gasteiger partial charge < -0.3 is 29.4 Å². The highest BCUT2D eigenvalue weighted by atomic mass is 16.6. The molecule has 3 heterocycles. The van der Waals surface area contributed by atoms with Crippen molar-refractivity contribution in [2.45, 2.75) is 57.7 Å². The van der Waals surface area contributed by atoms with Crippen molar-refractivity contribution in [3.63, 3.8) is 0 Å². The first-order valence-electron chi connectivity index (χ1n) is 12.6. The minimum Gasteiger partial charge on any atom is -0.496 e. The van der Waals surface area contributed by atoms with Crippen LogP contribution in [0.25, 0.3) is 5.57 Å². The summed E-state index contributed by atoms with van der Waals surface area (Å²) in [5.41, 5.74) is 1.62. The monoisotopic (exact) mass is 483 g/mol. The number of rotatable bonds is 7. The van der Waals surface area contributed by atoms with Gasteiger partial charge in [0.25, 0.3) is 0 Å². The third kappa shape index (κ3) is 4.41. The predicted octanol–water partition coefficient (Wildman–Crippen LogP) is 2.08. The average Bonchev–Trinajstić information content (AvgIpc) is 3.62. The van der Waals surface area contributed by atoms with E-state index in [-0.39, 0.29) is 24.4 Å². The summed E-state index contributed by atoms with van der Waals surface area (Å²) in [6.07, 6.45) is 12.3. The Hall–Kier alpha value is -2.97. The molecule has 1 fully saturated rings. The fourth-order valence-corrected chi connectivity index (χ4v) is 5.64. The molecule has 3 atom stereocenters. The maximum atomic E-state index is 12.6. The third-order valence-electron chi connectivity index (χ3n) is 7.63. The minimum absolute atomic E-state index is 0.130. The minimum atomic E-state index is -0.937. The summed E-state index contributed by atoms with van der Waals surface area (Å²) >= 11 is 0. The molecule has 4 aliphatic rings. The summed E-state index contributed by atoms with van der Waals surface area (Å²) in [6.45, 7) is 5.44. The summed E-state index contributed by atoms with van der Waals surface area (Å²) in [5, 5.41) is 14.6. The molecule has 3 unspecified atom stereocenters. The van der Waals surface area contributed by atoms with E-state index in [1.807, 2.05) is 19.2 Å². The lowest BCUT2D eigenvalue weighted by molar-refractivity contribution is -0.836. The van der Waals surface area contributed by atoms with Crippen LogP contribution in [0.4, 0.5) is 0 Å². The van der Waals surface area contributed by atoms with E-state index in [2.05, 4.69) is 17.6 Å². The van der Waals surface area contributed by atoms with E-state index in [1.54, 1.807) is 20.1 Å². The molecule has 0 saturated heterocycles. The van der Waals surface area contributed by atoms with E-state index >= 15 is 0 Å². The molecule has 35 heavy (non-hydrogen) atoms. The molecular formula is C27H35N2O6+. The molecule has 0 spiro atoms. The molecule has 1 saturated carbocycles. The van der Waals surface area contributed by atoms with Gasteiger partial charge in [0.1, 0.15) is 41.7 Å². The number of fused-ring (bicyclic) bond motifs is 2. The van der Waals surface area contributed by atoms with Gasteiger partial charge in [0.2, 0.25) is 5.76 Å². The van der Waals surface area contributed by atoms with Crippen LogP contribution in [-0.2, 0) is 16.0 Å². The zero-order chi connectivity index (χ0) is 24.6. The van der Waals surface area contributed by atoms with E-state index in [4.69, 9.17) is 18.9 Å². The van der Waals surface area contributed by atoms with Gasteiger partial charge in [-0.3, -0.25) is 4.90 Å². The van der Waals surface area contributed by atoms with Crippen LogP contribution < -0.4 is 24.4 Å². The second-order valence-electron chi connectivity index (χ2n) is 9.84. The van der Waals surface area contributed by atoms with Crippen molar-refractivity contribution < 1.29 is 33.7 Å². The summed E-state index contributed by atoms with van der Waals surface area (Å²) in [6, 6.07) is 1.82. The van der Waals surface area contributed by atoms with Gasteiger partial charge in [0, 0.05) is 18.1 Å². The van der Waals surface area contributed by atoms with E-state index in [0.717, 1.165) is 55.6 Å². The molecule has 0 bridgehead atoms. The Morgan fingerprint density at radius 2 is 2.14 bits per heavy atom. The molecule has 0 aromatic heterocycles. The number of carbonyl (C=O) groups is 1. The smallest absolute Gasteiger partial charge is 0.374 e. The Morgan fingerprint density at radius 1 is 1.34 bits per heavy atom. The largest absolute Gasteiger partial charge is 0.496 e. The fraction of sp³-hybridized carbons (Fsp3) is 0.519. The summed E-state index contributed by atoms with van der Waals surface area (Å²) in [5.74, 6) is 1.62. The van der Waals surface area contributed by atoms with E-state index < -0.39 is 11.6 Å². The van der Waals surface area contributed by atoms with Crippen LogP contribution >= 0.6 is 0 Å². The topological polar surface area (TPSA) is 90.7 Å². The Morgan fingerprint density at radius 3 is 2.83 bits per heavy atom. The van der Waals surface area contributed by atoms with E-state index in [1.165, 1.54) is 4.90 Å². The zero-order valence-corrected chi connectivity index (χ0v) is 20.7. The molecule has 8 nitrogen and oxygen atoms in total. The third-order valence-corrected chi connectivity index (χ3v) is 7.63. The van der Waals surface area contributed by atoms with Gasteiger partial charge in [-0.2, -0.15) is 0 Å². The first-order valence-corrected chi connectivity index (χ1v) is 12.6. The van der Waals surface area contributed by atoms with Gasteiger partial charge in [-0.25, -0.2) is 4.79 Å². The number of nitrogens with one attached hydrogen (secondary N) is 2. The molecular weight excluding hydrogens is 448 g/mol. The number of quaternary nitrogens is 1. The van der Waals surface area contributed by atoms with Gasteiger partial charge in [-0.15, -0.1) is 0 Å². The molecule has 0 radical (unpaired) electrons. The molecule has 3 aliphatic heterocycles. The second-order valence-corrected chi connectivity index (χ2v) is 9.84. The lowest BCUT2D eigenvalue weighted by atomic mass is 9.81. The number of hydrogen-bond acceptors (Lipinski definition) is 7. The molecule has 5 rings (SSSR count). The highest BCUT2D eigenvalue weighted by molar-refractivity contribution is 5.95. The van der Waals surface area contributed by atoms with Crippen molar-refractivity contribution in [1.82, 2.24) is 5.32 Å². The Kier molecular flexibility index (Phi) is 6.51. The second kappa shape index (κ2) is 9.59. The zero-order valence-electron chi connectivity index (χ0n) is 20.7. The summed E-state index contributed by atoms with van der Waals surface area (Å²) in [4.78, 5) is 13.8. The molecule has 1 aromatic rings. The number of methoxy groups -OCH3 is 1. The van der Waals surface area contributed by atoms with Crippen molar-refractivity contribution in [3.05, 3.63) is 47.5 Å². The van der Waals surface area contributed by atoms with Crippen LogP contribution in [0.15, 0.2) is 36.4 Å². The van der Waals surface area contributed by atoms with Crippen LogP contribution in [0.2, 0.25) is 0 Å². The van der Waals surface area contributed by atoms with Crippen molar-refractivity contribution >= 4 is 11.5 Å². The van der Waals surface area contributed by atoms with Crippen LogP contribution in [-0.4, -0.2) is 49.7 Å². The van der Waals surface area contributed by atoms with Gasteiger partial charge in [-0.1, -0.05) is 12.8 Å². The number of carbonyl (C=O) groups excluding carboxylic acids is 1. The number of benzene rings is 1. The molecule has 0 amide bonds. The number of esters is 1. The van der Waals surface area contributed by atoms with Gasteiger partial charge in [-0.05, 0) is 50.3 Å². The number of aliphatic hydroxyl groups is 1. The van der Waals surface area contributed by atoms with Gasteiger partial charge >= 0.3 is 5.97 Å². The lowest BCUT2D eigenvalue weighted by Gasteiger charge is -2.35. The first kappa shape index (κ1) is 23.8. The highest BCUT2D eigenvalue weighted by Gasteiger charge is 2.46. The van der Waals surface area contributed by atoms with Crippen LogP contribution in [0, 0.1) is 5.92 Å². The number of allylic oxidation sites excluding steroid dienone is 2. The highest BCUT2D eigenvalue weighted by Crippen LogP contribution is 2.51. The molecule has 188 valence electrons. The maximum Gasteiger partial charge on any atom is 0.374 e. The molecule has 8 heteroatoms. The van der Waals surface area contributed by atoms with Crippen molar-refractivity contribution in [2.75, 3.05) is 26.9 Å². The average molecular weight is 484 g/mol. The Labute approximate surface area is 206 Å². The molecule has 1 aromatic carbocycles.